The van der Waals surface area contributed by atoms with E-state index >= 15 is 0 Å². The molecule has 0 bridgehead atoms. The summed E-state index contributed by atoms with van der Waals surface area (Å²) in [5.41, 5.74) is 7.97. The molecule has 0 aromatic carbocycles. The molecule has 3 N–H and O–H groups in total. The molecule has 0 aromatic heterocycles. The predicted molar refractivity (Wildman–Crippen MR) is 79.2 cm³/mol. The third-order valence-electron chi connectivity index (χ3n) is 4.86. The van der Waals surface area contributed by atoms with Crippen LogP contribution in [0, 0.1) is 10.8 Å². The normalized spacial score (nSPS) is 34.1. The standard InChI is InChI=1S/C14H20F3N5O/c1-12(2)9(18)13(3,4)10(12)23-8-6-5-7-19-20-11(14(15,16)17)22(7)21-8/h5-7,9-10,19H,18H2,1-4H3/t7?,9-,10-. The van der Waals surface area contributed by atoms with Crippen molar-refractivity contribution < 1.29 is 17.9 Å². The molecule has 0 amide bonds. The van der Waals surface area contributed by atoms with Gasteiger partial charge < -0.3 is 10.5 Å². The summed E-state index contributed by atoms with van der Waals surface area (Å²) in [6.07, 6.45) is -2.49. The average Bonchev–Trinajstić information content (AvgIpc) is 2.86. The predicted octanol–water partition coefficient (Wildman–Crippen LogP) is 1.76. The maximum Gasteiger partial charge on any atom is 0.453 e. The largest absolute Gasteiger partial charge is 0.472 e. The van der Waals surface area contributed by atoms with E-state index in [0.29, 0.717) is 0 Å². The summed E-state index contributed by atoms with van der Waals surface area (Å²) in [5, 5.41) is 8.04. The average molecular weight is 331 g/mol. The lowest BCUT2D eigenvalue weighted by Gasteiger charge is -2.61. The Morgan fingerprint density at radius 1 is 1.26 bits per heavy atom. The fourth-order valence-electron chi connectivity index (χ4n) is 3.74. The molecule has 3 aliphatic rings. The van der Waals surface area contributed by atoms with E-state index in [2.05, 4.69) is 15.6 Å². The van der Waals surface area contributed by atoms with Gasteiger partial charge in [0.25, 0.3) is 5.84 Å². The van der Waals surface area contributed by atoms with Crippen molar-refractivity contribution in [1.82, 2.24) is 10.4 Å². The third-order valence-corrected chi connectivity index (χ3v) is 4.86. The van der Waals surface area contributed by atoms with E-state index in [-0.39, 0.29) is 28.9 Å². The van der Waals surface area contributed by atoms with E-state index in [1.807, 2.05) is 27.7 Å². The van der Waals surface area contributed by atoms with Crippen LogP contribution < -0.4 is 11.2 Å². The molecule has 0 spiro atoms. The number of hydrogen-bond donors (Lipinski definition) is 2. The number of amidine groups is 1. The van der Waals surface area contributed by atoms with Crippen molar-refractivity contribution in [2.24, 2.45) is 26.8 Å². The minimum atomic E-state index is -4.58. The van der Waals surface area contributed by atoms with Crippen molar-refractivity contribution >= 4 is 11.7 Å². The van der Waals surface area contributed by atoms with Crippen LogP contribution in [0.4, 0.5) is 13.2 Å². The first kappa shape index (κ1) is 16.1. The van der Waals surface area contributed by atoms with E-state index in [4.69, 9.17) is 10.5 Å². The maximum absolute atomic E-state index is 12.9. The van der Waals surface area contributed by atoms with Crippen LogP contribution in [0.3, 0.4) is 0 Å². The first-order valence-electron chi connectivity index (χ1n) is 7.34. The molecule has 23 heavy (non-hydrogen) atoms. The summed E-state index contributed by atoms with van der Waals surface area (Å²) in [7, 11) is 0. The van der Waals surface area contributed by atoms with Gasteiger partial charge in [0.05, 0.1) is 0 Å². The van der Waals surface area contributed by atoms with Gasteiger partial charge in [0, 0.05) is 22.9 Å². The molecule has 1 fully saturated rings. The molecule has 1 aliphatic carbocycles. The minimum Gasteiger partial charge on any atom is -0.472 e. The highest BCUT2D eigenvalue weighted by Crippen LogP contribution is 2.54. The third kappa shape index (κ3) is 2.29. The number of halogens is 3. The lowest BCUT2D eigenvalue weighted by atomic mass is 9.50. The number of ether oxygens (including phenoxy) is 1. The Morgan fingerprint density at radius 2 is 1.87 bits per heavy atom. The lowest BCUT2D eigenvalue weighted by molar-refractivity contribution is -0.162. The van der Waals surface area contributed by atoms with Crippen LogP contribution in [0.5, 0.6) is 0 Å². The summed E-state index contributed by atoms with van der Waals surface area (Å²) < 4.78 is 44.7. The summed E-state index contributed by atoms with van der Waals surface area (Å²) >= 11 is 0. The number of fused-ring (bicyclic) bond motifs is 1. The monoisotopic (exact) mass is 331 g/mol. The summed E-state index contributed by atoms with van der Waals surface area (Å²) in [6, 6.07) is -0.0679. The number of rotatable bonds is 1. The Morgan fingerprint density at radius 3 is 2.43 bits per heavy atom. The van der Waals surface area contributed by atoms with E-state index in [1.165, 1.54) is 6.08 Å². The second-order valence-electron chi connectivity index (χ2n) is 7.27. The second-order valence-corrected chi connectivity index (χ2v) is 7.27. The number of alkyl halides is 3. The summed E-state index contributed by atoms with van der Waals surface area (Å²) in [4.78, 5) is 0. The molecule has 1 saturated carbocycles. The van der Waals surface area contributed by atoms with Gasteiger partial charge in [-0.3, -0.25) is 5.43 Å². The molecular formula is C14H20F3N5O. The van der Waals surface area contributed by atoms with Crippen molar-refractivity contribution in [3.63, 3.8) is 0 Å². The first-order valence-corrected chi connectivity index (χ1v) is 7.34. The van der Waals surface area contributed by atoms with Crippen molar-refractivity contribution in [3.05, 3.63) is 12.2 Å². The number of hydrogen-bond acceptors (Lipinski definition) is 6. The Hall–Kier alpha value is -1.77. The molecule has 2 heterocycles. The van der Waals surface area contributed by atoms with E-state index < -0.39 is 18.2 Å². The van der Waals surface area contributed by atoms with Crippen LogP contribution >= 0.6 is 0 Å². The number of nitrogens with one attached hydrogen (secondary N) is 1. The molecule has 0 aromatic rings. The van der Waals surface area contributed by atoms with Gasteiger partial charge in [-0.05, 0) is 6.08 Å². The van der Waals surface area contributed by atoms with E-state index in [9.17, 15) is 13.2 Å². The topological polar surface area (TPSA) is 75.2 Å². The van der Waals surface area contributed by atoms with Gasteiger partial charge in [-0.25, -0.2) is 5.01 Å². The van der Waals surface area contributed by atoms with Gasteiger partial charge in [0.2, 0.25) is 5.90 Å². The molecule has 128 valence electrons. The van der Waals surface area contributed by atoms with Gasteiger partial charge >= 0.3 is 6.18 Å². The second kappa shape index (κ2) is 4.62. The first-order chi connectivity index (χ1) is 10.5. The van der Waals surface area contributed by atoms with Gasteiger partial charge in [0.1, 0.15) is 6.10 Å². The fourth-order valence-corrected chi connectivity index (χ4v) is 3.74. The van der Waals surface area contributed by atoms with Gasteiger partial charge in [0.15, 0.2) is 6.17 Å². The Labute approximate surface area is 132 Å². The molecule has 0 radical (unpaired) electrons. The minimum absolute atomic E-state index is 0.0679. The van der Waals surface area contributed by atoms with Crippen LogP contribution in [0.15, 0.2) is 22.4 Å². The Bertz CT molecular complexity index is 592. The highest BCUT2D eigenvalue weighted by molar-refractivity contribution is 5.94. The van der Waals surface area contributed by atoms with Crippen LogP contribution in [-0.4, -0.2) is 41.2 Å². The molecule has 6 nitrogen and oxygen atoms in total. The fraction of sp³-hybridized carbons (Fsp3) is 0.714. The molecule has 9 heteroatoms. The van der Waals surface area contributed by atoms with Gasteiger partial charge in [-0.15, -0.1) is 5.10 Å². The highest BCUT2D eigenvalue weighted by Gasteiger charge is 2.62. The highest BCUT2D eigenvalue weighted by atomic mass is 19.4. The number of nitrogens with zero attached hydrogens (tertiary/aromatic N) is 3. The zero-order valence-corrected chi connectivity index (χ0v) is 13.3. The lowest BCUT2D eigenvalue weighted by Crippen LogP contribution is -2.72. The molecule has 0 saturated heterocycles. The van der Waals surface area contributed by atoms with Crippen molar-refractivity contribution in [1.29, 1.82) is 0 Å². The van der Waals surface area contributed by atoms with Crippen LogP contribution in [-0.2, 0) is 4.74 Å². The molecule has 1 atom stereocenters. The SMILES string of the molecule is CC1(C)[C@H](N)C(C)(C)[C@H]1OC1=NN2C(C(F)(F)F)=NNC2C=C1. The summed E-state index contributed by atoms with van der Waals surface area (Å²) in [6.45, 7) is 7.90. The molecular weight excluding hydrogens is 311 g/mol. The smallest absolute Gasteiger partial charge is 0.453 e. The number of hydrazone groups is 2. The van der Waals surface area contributed by atoms with E-state index in [1.54, 1.807) is 6.08 Å². The number of nitrogens with two attached hydrogens (primary N) is 1. The van der Waals surface area contributed by atoms with Crippen LogP contribution in [0.25, 0.3) is 0 Å². The molecule has 2 aliphatic heterocycles. The van der Waals surface area contributed by atoms with E-state index in [0.717, 1.165) is 5.01 Å². The Balaban J connectivity index is 1.80. The maximum atomic E-state index is 12.9. The van der Waals surface area contributed by atoms with Gasteiger partial charge in [-0.2, -0.15) is 18.3 Å². The van der Waals surface area contributed by atoms with Gasteiger partial charge in [-0.1, -0.05) is 27.7 Å². The molecule has 1 unspecified atom stereocenters. The van der Waals surface area contributed by atoms with Crippen molar-refractivity contribution in [3.8, 4) is 0 Å². The van der Waals surface area contributed by atoms with Crippen molar-refractivity contribution in [2.75, 3.05) is 0 Å². The quantitative estimate of drug-likeness (QED) is 0.768. The zero-order chi connectivity index (χ0) is 17.2. The molecule has 3 rings (SSSR count). The summed E-state index contributed by atoms with van der Waals surface area (Å²) in [5.74, 6) is -0.961. The van der Waals surface area contributed by atoms with Crippen LogP contribution in [0.1, 0.15) is 27.7 Å². The Kier molecular flexibility index (Phi) is 3.24. The zero-order valence-electron chi connectivity index (χ0n) is 13.3. The van der Waals surface area contributed by atoms with Crippen LogP contribution in [0.2, 0.25) is 0 Å². The van der Waals surface area contributed by atoms with Crippen molar-refractivity contribution in [2.45, 2.75) is 52.2 Å².